The average molecular weight is 295 g/mol. The predicted molar refractivity (Wildman–Crippen MR) is 59.2 cm³/mol. The maximum absolute atomic E-state index is 13.7. The molecule has 0 radical (unpaired) electrons. The standard InChI is InChI=1S/C11H7F6N3/c1-3-8(20-18)6-7(14)4(12)2-5(13)9(6)19-10(3)11(15,16)17/h2H,18H2,1H3,(H,19,20). The molecule has 1 aromatic heterocycles. The Balaban J connectivity index is 3.04. The molecule has 1 heterocycles. The summed E-state index contributed by atoms with van der Waals surface area (Å²) in [6.07, 6.45) is -4.89. The third-order valence-corrected chi connectivity index (χ3v) is 2.76. The van der Waals surface area contributed by atoms with Crippen molar-refractivity contribution in [2.75, 3.05) is 5.43 Å². The SMILES string of the molecule is Cc1c(C(F)(F)F)nc2c(F)cc(F)c(F)c2c1NN. The number of nitrogens with zero attached hydrogens (tertiary/aromatic N) is 1. The minimum absolute atomic E-state index is 0.125. The molecule has 3 N–H and O–H groups in total. The number of hydrogen-bond acceptors (Lipinski definition) is 3. The number of aromatic nitrogens is 1. The third kappa shape index (κ3) is 2.03. The summed E-state index contributed by atoms with van der Waals surface area (Å²) >= 11 is 0. The molecular weight excluding hydrogens is 288 g/mol. The molecule has 0 aliphatic rings. The minimum atomic E-state index is -4.89. The van der Waals surface area contributed by atoms with Crippen LogP contribution >= 0.6 is 0 Å². The summed E-state index contributed by atoms with van der Waals surface area (Å²) in [7, 11) is 0. The molecule has 20 heavy (non-hydrogen) atoms. The van der Waals surface area contributed by atoms with E-state index in [1.807, 2.05) is 5.43 Å². The molecule has 1 aromatic carbocycles. The van der Waals surface area contributed by atoms with Crippen LogP contribution in [0, 0.1) is 24.4 Å². The average Bonchev–Trinajstić information content (AvgIpc) is 2.33. The van der Waals surface area contributed by atoms with Crippen molar-refractivity contribution >= 4 is 16.6 Å². The van der Waals surface area contributed by atoms with E-state index in [1.165, 1.54) is 0 Å². The van der Waals surface area contributed by atoms with Crippen molar-refractivity contribution in [3.05, 3.63) is 34.8 Å². The van der Waals surface area contributed by atoms with Gasteiger partial charge in [0.15, 0.2) is 17.5 Å². The van der Waals surface area contributed by atoms with E-state index in [0.29, 0.717) is 0 Å². The van der Waals surface area contributed by atoms with E-state index in [4.69, 9.17) is 5.84 Å². The predicted octanol–water partition coefficient (Wildman–Crippen LogP) is 3.26. The van der Waals surface area contributed by atoms with E-state index < -0.39 is 51.5 Å². The van der Waals surface area contributed by atoms with Gasteiger partial charge in [-0.15, -0.1) is 0 Å². The molecule has 0 bridgehead atoms. The summed E-state index contributed by atoms with van der Waals surface area (Å²) in [5.41, 5.74) is -1.67. The molecule has 2 aromatic rings. The monoisotopic (exact) mass is 295 g/mol. The van der Waals surface area contributed by atoms with Crippen LogP contribution in [0.2, 0.25) is 0 Å². The van der Waals surface area contributed by atoms with Gasteiger partial charge in [-0.1, -0.05) is 0 Å². The molecule has 2 rings (SSSR count). The Morgan fingerprint density at radius 3 is 2.25 bits per heavy atom. The van der Waals surface area contributed by atoms with Crippen LogP contribution in [0.15, 0.2) is 6.07 Å². The van der Waals surface area contributed by atoms with Crippen LogP contribution in [-0.4, -0.2) is 4.98 Å². The van der Waals surface area contributed by atoms with Crippen molar-refractivity contribution in [1.82, 2.24) is 4.98 Å². The summed E-state index contributed by atoms with van der Waals surface area (Å²) in [6, 6.07) is 0.125. The number of hydrazine groups is 1. The number of nitrogen functional groups attached to an aromatic ring is 1. The Labute approximate surface area is 108 Å². The topological polar surface area (TPSA) is 50.9 Å². The van der Waals surface area contributed by atoms with Crippen molar-refractivity contribution < 1.29 is 26.3 Å². The molecule has 0 aliphatic carbocycles. The van der Waals surface area contributed by atoms with Crippen LogP contribution < -0.4 is 11.3 Å². The molecular formula is C11H7F6N3. The lowest BCUT2D eigenvalue weighted by atomic mass is 10.1. The number of pyridine rings is 1. The zero-order chi connectivity index (χ0) is 15.2. The van der Waals surface area contributed by atoms with Gasteiger partial charge >= 0.3 is 6.18 Å². The molecule has 0 atom stereocenters. The zero-order valence-electron chi connectivity index (χ0n) is 9.87. The minimum Gasteiger partial charge on any atom is -0.323 e. The number of halogens is 6. The first kappa shape index (κ1) is 14.4. The first-order valence-electron chi connectivity index (χ1n) is 5.20. The first-order chi connectivity index (χ1) is 9.18. The summed E-state index contributed by atoms with van der Waals surface area (Å²) < 4.78 is 78.7. The molecule has 0 saturated heterocycles. The third-order valence-electron chi connectivity index (χ3n) is 2.76. The van der Waals surface area contributed by atoms with Gasteiger partial charge in [0.1, 0.15) is 11.2 Å². The highest BCUT2D eigenvalue weighted by atomic mass is 19.4. The highest BCUT2D eigenvalue weighted by molar-refractivity contribution is 5.94. The fraction of sp³-hybridized carbons (Fsp3) is 0.182. The van der Waals surface area contributed by atoms with E-state index >= 15 is 0 Å². The van der Waals surface area contributed by atoms with Gasteiger partial charge in [-0.2, -0.15) is 13.2 Å². The second kappa shape index (κ2) is 4.51. The molecule has 9 heteroatoms. The van der Waals surface area contributed by atoms with Crippen molar-refractivity contribution in [3.8, 4) is 0 Å². The van der Waals surface area contributed by atoms with Crippen LogP contribution in [0.3, 0.4) is 0 Å². The Morgan fingerprint density at radius 2 is 1.75 bits per heavy atom. The normalized spacial score (nSPS) is 12.0. The van der Waals surface area contributed by atoms with E-state index in [0.717, 1.165) is 6.92 Å². The van der Waals surface area contributed by atoms with Gasteiger partial charge in [0.05, 0.1) is 11.1 Å². The molecule has 0 fully saturated rings. The molecule has 0 saturated carbocycles. The molecule has 108 valence electrons. The lowest BCUT2D eigenvalue weighted by Gasteiger charge is -2.16. The smallest absolute Gasteiger partial charge is 0.323 e. The van der Waals surface area contributed by atoms with Crippen LogP contribution in [0.1, 0.15) is 11.3 Å². The first-order valence-corrected chi connectivity index (χ1v) is 5.20. The fourth-order valence-corrected chi connectivity index (χ4v) is 1.88. The van der Waals surface area contributed by atoms with Gasteiger partial charge in [0.25, 0.3) is 0 Å². The number of nitrogens with two attached hydrogens (primary N) is 1. The van der Waals surface area contributed by atoms with Crippen LogP contribution in [0.4, 0.5) is 32.0 Å². The number of rotatable bonds is 1. The Kier molecular flexibility index (Phi) is 3.24. The molecule has 0 aliphatic heterocycles. The van der Waals surface area contributed by atoms with Crippen LogP contribution in [0.5, 0.6) is 0 Å². The highest BCUT2D eigenvalue weighted by Crippen LogP contribution is 2.38. The van der Waals surface area contributed by atoms with E-state index in [9.17, 15) is 26.3 Å². The highest BCUT2D eigenvalue weighted by Gasteiger charge is 2.37. The molecule has 3 nitrogen and oxygen atoms in total. The van der Waals surface area contributed by atoms with Gasteiger partial charge in [-0.3, -0.25) is 5.84 Å². The lowest BCUT2D eigenvalue weighted by molar-refractivity contribution is -0.141. The lowest BCUT2D eigenvalue weighted by Crippen LogP contribution is -2.17. The van der Waals surface area contributed by atoms with Crippen molar-refractivity contribution in [2.24, 2.45) is 5.84 Å². The van der Waals surface area contributed by atoms with Crippen molar-refractivity contribution in [1.29, 1.82) is 0 Å². The second-order valence-corrected chi connectivity index (χ2v) is 3.98. The van der Waals surface area contributed by atoms with Gasteiger partial charge in [0.2, 0.25) is 0 Å². The summed E-state index contributed by atoms with van der Waals surface area (Å²) in [4.78, 5) is 3.05. The van der Waals surface area contributed by atoms with E-state index in [-0.39, 0.29) is 6.07 Å². The van der Waals surface area contributed by atoms with Gasteiger partial charge < -0.3 is 5.43 Å². The Morgan fingerprint density at radius 1 is 1.15 bits per heavy atom. The number of alkyl halides is 3. The maximum atomic E-state index is 13.7. The van der Waals surface area contributed by atoms with Crippen LogP contribution in [0.25, 0.3) is 10.9 Å². The number of fused-ring (bicyclic) bond motifs is 1. The quantitative estimate of drug-likeness (QED) is 0.367. The van der Waals surface area contributed by atoms with Gasteiger partial charge in [-0.05, 0) is 6.92 Å². The largest absolute Gasteiger partial charge is 0.433 e. The fourth-order valence-electron chi connectivity index (χ4n) is 1.88. The number of nitrogens with one attached hydrogen (secondary N) is 1. The number of hydrogen-bond donors (Lipinski definition) is 2. The summed E-state index contributed by atoms with van der Waals surface area (Å²) in [5.74, 6) is 0.548. The van der Waals surface area contributed by atoms with E-state index in [1.54, 1.807) is 0 Å². The van der Waals surface area contributed by atoms with Crippen molar-refractivity contribution in [3.63, 3.8) is 0 Å². The van der Waals surface area contributed by atoms with Gasteiger partial charge in [0, 0.05) is 11.6 Å². The summed E-state index contributed by atoms with van der Waals surface area (Å²) in [6.45, 7) is 0.965. The van der Waals surface area contributed by atoms with Crippen LogP contribution in [-0.2, 0) is 6.18 Å². The Bertz CT molecular complexity index is 695. The Hall–Kier alpha value is -2.03. The summed E-state index contributed by atoms with van der Waals surface area (Å²) in [5, 5.41) is -0.768. The maximum Gasteiger partial charge on any atom is 0.433 e. The van der Waals surface area contributed by atoms with Gasteiger partial charge in [-0.25, -0.2) is 18.2 Å². The molecule has 0 unspecified atom stereocenters. The van der Waals surface area contributed by atoms with E-state index in [2.05, 4.69) is 4.98 Å². The number of benzene rings is 1. The zero-order valence-corrected chi connectivity index (χ0v) is 9.87. The second-order valence-electron chi connectivity index (χ2n) is 3.98. The molecule has 0 amide bonds. The number of anilines is 1. The molecule has 0 spiro atoms. The van der Waals surface area contributed by atoms with Crippen molar-refractivity contribution in [2.45, 2.75) is 13.1 Å².